The molecule has 2 aromatic heterocycles. The van der Waals surface area contributed by atoms with Gasteiger partial charge in [-0.25, -0.2) is 4.98 Å². The van der Waals surface area contributed by atoms with Crippen LogP contribution >= 0.6 is 11.3 Å². The molecule has 5 nitrogen and oxygen atoms in total. The summed E-state index contributed by atoms with van der Waals surface area (Å²) in [5, 5.41) is 3.82. The van der Waals surface area contributed by atoms with E-state index >= 15 is 0 Å². The topological polar surface area (TPSA) is 58.1 Å². The Morgan fingerprint density at radius 3 is 2.87 bits per heavy atom. The predicted octanol–water partition coefficient (Wildman–Crippen LogP) is 2.73. The lowest BCUT2D eigenvalue weighted by Crippen LogP contribution is -2.37. The Morgan fingerprint density at radius 1 is 1.30 bits per heavy atom. The molecule has 23 heavy (non-hydrogen) atoms. The van der Waals surface area contributed by atoms with Gasteiger partial charge in [-0.15, -0.1) is 11.3 Å². The van der Waals surface area contributed by atoms with Crippen molar-refractivity contribution in [2.45, 2.75) is 26.2 Å². The standard InChI is InChI=1S/C17H22N4OS/c1-13-15(23-17(20-13)14-7-3-4-8-18-14)16(22)19-9-12-21-10-5-2-6-11-21/h3-4,7-8H,2,5-6,9-12H2,1H3,(H,19,22). The summed E-state index contributed by atoms with van der Waals surface area (Å²) in [5.41, 5.74) is 1.58. The van der Waals surface area contributed by atoms with Crippen LogP contribution in [0.2, 0.25) is 0 Å². The average molecular weight is 330 g/mol. The quantitative estimate of drug-likeness (QED) is 0.916. The van der Waals surface area contributed by atoms with Crippen molar-refractivity contribution < 1.29 is 4.79 Å². The first-order valence-corrected chi connectivity index (χ1v) is 8.95. The molecule has 0 radical (unpaired) electrons. The van der Waals surface area contributed by atoms with Crippen molar-refractivity contribution in [3.8, 4) is 10.7 Å². The van der Waals surface area contributed by atoms with Crippen LogP contribution < -0.4 is 5.32 Å². The third-order valence-corrected chi connectivity index (χ3v) is 5.23. The number of amides is 1. The highest BCUT2D eigenvalue weighted by molar-refractivity contribution is 7.17. The fourth-order valence-corrected chi connectivity index (χ4v) is 3.76. The van der Waals surface area contributed by atoms with Gasteiger partial charge in [-0.05, 0) is 45.0 Å². The number of piperidine rings is 1. The summed E-state index contributed by atoms with van der Waals surface area (Å²) in [7, 11) is 0. The number of hydrogen-bond acceptors (Lipinski definition) is 5. The van der Waals surface area contributed by atoms with Crippen LogP contribution in [0.3, 0.4) is 0 Å². The maximum absolute atomic E-state index is 12.4. The highest BCUT2D eigenvalue weighted by Crippen LogP contribution is 2.26. The molecule has 2 aromatic rings. The van der Waals surface area contributed by atoms with Gasteiger partial charge in [0.2, 0.25) is 0 Å². The van der Waals surface area contributed by atoms with Gasteiger partial charge in [0.05, 0.1) is 11.4 Å². The summed E-state index contributed by atoms with van der Waals surface area (Å²) >= 11 is 1.41. The first-order valence-electron chi connectivity index (χ1n) is 8.13. The number of likely N-dealkylation sites (tertiary alicyclic amines) is 1. The van der Waals surface area contributed by atoms with E-state index in [-0.39, 0.29) is 5.91 Å². The van der Waals surface area contributed by atoms with Gasteiger partial charge in [0.15, 0.2) is 0 Å². The molecule has 0 atom stereocenters. The number of pyridine rings is 1. The first kappa shape index (κ1) is 16.1. The van der Waals surface area contributed by atoms with Crippen LogP contribution in [0.15, 0.2) is 24.4 Å². The molecule has 1 saturated heterocycles. The van der Waals surface area contributed by atoms with Crippen molar-refractivity contribution in [1.82, 2.24) is 20.2 Å². The summed E-state index contributed by atoms with van der Waals surface area (Å²) in [4.78, 5) is 24.3. The Balaban J connectivity index is 1.58. The number of nitrogens with zero attached hydrogens (tertiary/aromatic N) is 3. The third-order valence-electron chi connectivity index (χ3n) is 4.05. The number of rotatable bonds is 5. The van der Waals surface area contributed by atoms with Crippen LogP contribution in [0.4, 0.5) is 0 Å². The van der Waals surface area contributed by atoms with Gasteiger partial charge < -0.3 is 10.2 Å². The van der Waals surface area contributed by atoms with Crippen LogP contribution in [0, 0.1) is 6.92 Å². The number of nitrogens with one attached hydrogen (secondary N) is 1. The molecule has 0 spiro atoms. The van der Waals surface area contributed by atoms with E-state index in [2.05, 4.69) is 20.2 Å². The molecular formula is C17H22N4OS. The van der Waals surface area contributed by atoms with E-state index in [1.807, 2.05) is 25.1 Å². The largest absolute Gasteiger partial charge is 0.350 e. The number of aryl methyl sites for hydroxylation is 1. The summed E-state index contributed by atoms with van der Waals surface area (Å²) in [6.45, 7) is 5.80. The maximum Gasteiger partial charge on any atom is 0.263 e. The summed E-state index contributed by atoms with van der Waals surface area (Å²) in [6, 6.07) is 5.71. The van der Waals surface area contributed by atoms with E-state index in [1.165, 1.54) is 30.6 Å². The Morgan fingerprint density at radius 2 is 2.13 bits per heavy atom. The predicted molar refractivity (Wildman–Crippen MR) is 92.7 cm³/mol. The number of thiazole rings is 1. The Kier molecular flexibility index (Phi) is 5.35. The molecule has 1 N–H and O–H groups in total. The Hall–Kier alpha value is -1.79. The van der Waals surface area contributed by atoms with Crippen molar-refractivity contribution in [2.24, 2.45) is 0 Å². The lowest BCUT2D eigenvalue weighted by Gasteiger charge is -2.26. The lowest BCUT2D eigenvalue weighted by atomic mass is 10.1. The van der Waals surface area contributed by atoms with E-state index in [4.69, 9.17) is 0 Å². The number of aromatic nitrogens is 2. The number of hydrogen-bond donors (Lipinski definition) is 1. The van der Waals surface area contributed by atoms with Gasteiger partial charge in [-0.1, -0.05) is 12.5 Å². The van der Waals surface area contributed by atoms with Crippen molar-refractivity contribution in [2.75, 3.05) is 26.2 Å². The second kappa shape index (κ2) is 7.66. The van der Waals surface area contributed by atoms with Crippen LogP contribution in [-0.2, 0) is 0 Å². The molecule has 0 aromatic carbocycles. The minimum absolute atomic E-state index is 0.0285. The molecule has 6 heteroatoms. The molecule has 0 bridgehead atoms. The van der Waals surface area contributed by atoms with Crippen LogP contribution in [0.1, 0.15) is 34.6 Å². The zero-order valence-electron chi connectivity index (χ0n) is 13.4. The van der Waals surface area contributed by atoms with Gasteiger partial charge >= 0.3 is 0 Å². The number of carbonyl (C=O) groups excluding carboxylic acids is 1. The van der Waals surface area contributed by atoms with E-state index in [0.717, 1.165) is 36.0 Å². The minimum Gasteiger partial charge on any atom is -0.350 e. The van der Waals surface area contributed by atoms with Gasteiger partial charge in [-0.2, -0.15) is 0 Å². The molecule has 1 aliphatic rings. The Bertz CT molecular complexity index is 650. The van der Waals surface area contributed by atoms with E-state index in [0.29, 0.717) is 11.4 Å². The molecule has 1 fully saturated rings. The van der Waals surface area contributed by atoms with E-state index < -0.39 is 0 Å². The SMILES string of the molecule is Cc1nc(-c2ccccn2)sc1C(=O)NCCN1CCCCC1. The Labute approximate surface area is 140 Å². The average Bonchev–Trinajstić information content (AvgIpc) is 2.98. The monoisotopic (exact) mass is 330 g/mol. The highest BCUT2D eigenvalue weighted by Gasteiger charge is 2.17. The van der Waals surface area contributed by atoms with Crippen molar-refractivity contribution in [3.63, 3.8) is 0 Å². The summed E-state index contributed by atoms with van der Waals surface area (Å²) in [5.74, 6) is -0.0285. The second-order valence-electron chi connectivity index (χ2n) is 5.81. The third kappa shape index (κ3) is 4.14. The van der Waals surface area contributed by atoms with Crippen molar-refractivity contribution in [3.05, 3.63) is 35.0 Å². The van der Waals surface area contributed by atoms with Crippen molar-refractivity contribution >= 4 is 17.2 Å². The molecular weight excluding hydrogens is 308 g/mol. The molecule has 0 saturated carbocycles. The van der Waals surface area contributed by atoms with E-state index in [1.54, 1.807) is 6.20 Å². The van der Waals surface area contributed by atoms with Gasteiger partial charge in [0.1, 0.15) is 9.88 Å². The van der Waals surface area contributed by atoms with Crippen LogP contribution in [-0.4, -0.2) is 47.0 Å². The van der Waals surface area contributed by atoms with E-state index in [9.17, 15) is 4.79 Å². The molecule has 0 unspecified atom stereocenters. The van der Waals surface area contributed by atoms with Crippen LogP contribution in [0.5, 0.6) is 0 Å². The fourth-order valence-electron chi connectivity index (χ4n) is 2.80. The van der Waals surface area contributed by atoms with Crippen LogP contribution in [0.25, 0.3) is 10.7 Å². The molecule has 1 amide bonds. The second-order valence-corrected chi connectivity index (χ2v) is 6.81. The fraction of sp³-hybridized carbons (Fsp3) is 0.471. The number of carbonyl (C=O) groups is 1. The summed E-state index contributed by atoms with van der Waals surface area (Å²) < 4.78 is 0. The highest BCUT2D eigenvalue weighted by atomic mass is 32.1. The zero-order valence-corrected chi connectivity index (χ0v) is 14.2. The first-order chi connectivity index (χ1) is 11.2. The molecule has 0 aliphatic carbocycles. The van der Waals surface area contributed by atoms with Gasteiger partial charge in [0, 0.05) is 19.3 Å². The molecule has 122 valence electrons. The van der Waals surface area contributed by atoms with Gasteiger partial charge in [-0.3, -0.25) is 9.78 Å². The maximum atomic E-state index is 12.4. The smallest absolute Gasteiger partial charge is 0.263 e. The molecule has 1 aliphatic heterocycles. The molecule has 3 heterocycles. The zero-order chi connectivity index (χ0) is 16.1. The van der Waals surface area contributed by atoms with Crippen molar-refractivity contribution in [1.29, 1.82) is 0 Å². The summed E-state index contributed by atoms with van der Waals surface area (Å²) in [6.07, 6.45) is 5.62. The van der Waals surface area contributed by atoms with Gasteiger partial charge in [0.25, 0.3) is 5.91 Å². The molecule has 3 rings (SSSR count). The minimum atomic E-state index is -0.0285. The normalized spacial score (nSPS) is 15.5. The lowest BCUT2D eigenvalue weighted by molar-refractivity contribution is 0.0950.